The average Bonchev–Trinajstić information content (AvgIpc) is 2.38. The SMILES string of the molecule is CC(C)NCc1ccnc(Oc2cc(F)cc(F)c2)c1F. The van der Waals surface area contributed by atoms with E-state index in [1.807, 2.05) is 13.8 Å². The molecule has 0 fully saturated rings. The Balaban J connectivity index is 2.22. The highest BCUT2D eigenvalue weighted by Gasteiger charge is 2.13. The number of halogens is 3. The van der Waals surface area contributed by atoms with Crippen LogP contribution in [-0.4, -0.2) is 11.0 Å². The molecule has 1 aromatic carbocycles. The number of hydrogen-bond donors (Lipinski definition) is 1. The molecule has 1 aromatic heterocycles. The second kappa shape index (κ2) is 6.58. The van der Waals surface area contributed by atoms with E-state index in [1.54, 1.807) is 0 Å². The van der Waals surface area contributed by atoms with Gasteiger partial charge in [0.1, 0.15) is 17.4 Å². The quantitative estimate of drug-likeness (QED) is 0.911. The summed E-state index contributed by atoms with van der Waals surface area (Å²) in [6, 6.07) is 4.34. The first-order chi connectivity index (χ1) is 9.95. The van der Waals surface area contributed by atoms with Crippen LogP contribution in [0.25, 0.3) is 0 Å². The highest BCUT2D eigenvalue weighted by molar-refractivity contribution is 5.31. The first kappa shape index (κ1) is 15.3. The van der Waals surface area contributed by atoms with Crippen molar-refractivity contribution < 1.29 is 17.9 Å². The fraction of sp³-hybridized carbons (Fsp3) is 0.267. The Morgan fingerprint density at radius 2 is 1.81 bits per heavy atom. The molecule has 0 aliphatic rings. The van der Waals surface area contributed by atoms with Crippen LogP contribution in [0, 0.1) is 17.5 Å². The molecule has 0 atom stereocenters. The highest BCUT2D eigenvalue weighted by Crippen LogP contribution is 2.25. The van der Waals surface area contributed by atoms with Crippen LogP contribution >= 0.6 is 0 Å². The summed E-state index contributed by atoms with van der Waals surface area (Å²) in [6.07, 6.45) is 1.38. The molecule has 6 heteroatoms. The smallest absolute Gasteiger partial charge is 0.256 e. The van der Waals surface area contributed by atoms with Crippen LogP contribution < -0.4 is 10.1 Å². The van der Waals surface area contributed by atoms with Gasteiger partial charge in [-0.2, -0.15) is 0 Å². The molecule has 0 amide bonds. The minimum absolute atomic E-state index is 0.145. The fourth-order valence-corrected chi connectivity index (χ4v) is 1.68. The van der Waals surface area contributed by atoms with E-state index in [0.717, 1.165) is 12.1 Å². The van der Waals surface area contributed by atoms with Crippen molar-refractivity contribution in [3.05, 3.63) is 53.5 Å². The maximum Gasteiger partial charge on any atom is 0.256 e. The van der Waals surface area contributed by atoms with Crippen LogP contribution in [0.2, 0.25) is 0 Å². The van der Waals surface area contributed by atoms with Crippen molar-refractivity contribution in [2.45, 2.75) is 26.4 Å². The summed E-state index contributed by atoms with van der Waals surface area (Å²) >= 11 is 0. The minimum Gasteiger partial charge on any atom is -0.436 e. The Morgan fingerprint density at radius 1 is 1.14 bits per heavy atom. The number of rotatable bonds is 5. The van der Waals surface area contributed by atoms with Crippen molar-refractivity contribution in [3.8, 4) is 11.6 Å². The topological polar surface area (TPSA) is 34.2 Å². The van der Waals surface area contributed by atoms with Gasteiger partial charge in [0.2, 0.25) is 0 Å². The van der Waals surface area contributed by atoms with Crippen LogP contribution in [-0.2, 0) is 6.54 Å². The molecule has 2 aromatic rings. The van der Waals surface area contributed by atoms with Gasteiger partial charge >= 0.3 is 0 Å². The second-order valence-corrected chi connectivity index (χ2v) is 4.83. The van der Waals surface area contributed by atoms with Gasteiger partial charge in [-0.25, -0.2) is 18.2 Å². The molecule has 0 radical (unpaired) electrons. The molecule has 0 bridgehead atoms. The van der Waals surface area contributed by atoms with Crippen molar-refractivity contribution in [1.82, 2.24) is 10.3 Å². The molecule has 112 valence electrons. The molecule has 1 heterocycles. The molecular weight excluding hydrogens is 281 g/mol. The third-order valence-corrected chi connectivity index (χ3v) is 2.69. The van der Waals surface area contributed by atoms with Gasteiger partial charge in [0, 0.05) is 42.5 Å². The van der Waals surface area contributed by atoms with Gasteiger partial charge < -0.3 is 10.1 Å². The lowest BCUT2D eigenvalue weighted by molar-refractivity contribution is 0.410. The summed E-state index contributed by atoms with van der Waals surface area (Å²) in [5.41, 5.74) is 0.366. The lowest BCUT2D eigenvalue weighted by Crippen LogP contribution is -2.22. The van der Waals surface area contributed by atoms with Crippen LogP contribution in [0.5, 0.6) is 11.6 Å². The molecule has 1 N–H and O–H groups in total. The Labute approximate surface area is 120 Å². The normalized spacial score (nSPS) is 11.0. The lowest BCUT2D eigenvalue weighted by Gasteiger charge is -2.11. The zero-order valence-electron chi connectivity index (χ0n) is 11.7. The molecule has 0 aliphatic carbocycles. The van der Waals surface area contributed by atoms with E-state index in [9.17, 15) is 13.2 Å². The van der Waals surface area contributed by atoms with E-state index in [0.29, 0.717) is 18.2 Å². The first-order valence-corrected chi connectivity index (χ1v) is 6.46. The van der Waals surface area contributed by atoms with Crippen molar-refractivity contribution in [3.63, 3.8) is 0 Å². The van der Waals surface area contributed by atoms with Crippen LogP contribution in [0.4, 0.5) is 13.2 Å². The number of nitrogens with one attached hydrogen (secondary N) is 1. The van der Waals surface area contributed by atoms with Gasteiger partial charge in [-0.15, -0.1) is 0 Å². The van der Waals surface area contributed by atoms with E-state index < -0.39 is 17.5 Å². The van der Waals surface area contributed by atoms with E-state index in [1.165, 1.54) is 12.3 Å². The van der Waals surface area contributed by atoms with Crippen molar-refractivity contribution >= 4 is 0 Å². The summed E-state index contributed by atoms with van der Waals surface area (Å²) in [6.45, 7) is 4.18. The maximum absolute atomic E-state index is 14.2. The van der Waals surface area contributed by atoms with Gasteiger partial charge in [-0.05, 0) is 6.07 Å². The fourth-order valence-electron chi connectivity index (χ4n) is 1.68. The zero-order valence-corrected chi connectivity index (χ0v) is 11.7. The Hall–Kier alpha value is -2.08. The Morgan fingerprint density at radius 3 is 2.43 bits per heavy atom. The predicted octanol–water partition coefficient (Wildman–Crippen LogP) is 3.79. The van der Waals surface area contributed by atoms with Crippen LogP contribution in [0.1, 0.15) is 19.4 Å². The van der Waals surface area contributed by atoms with Gasteiger partial charge in [0.25, 0.3) is 5.88 Å². The first-order valence-electron chi connectivity index (χ1n) is 6.46. The van der Waals surface area contributed by atoms with Crippen LogP contribution in [0.15, 0.2) is 30.5 Å². The van der Waals surface area contributed by atoms with Crippen LogP contribution in [0.3, 0.4) is 0 Å². The summed E-state index contributed by atoms with van der Waals surface area (Å²) < 4.78 is 45.5. The van der Waals surface area contributed by atoms with E-state index in [4.69, 9.17) is 4.74 Å². The van der Waals surface area contributed by atoms with Gasteiger partial charge in [-0.3, -0.25) is 0 Å². The number of aromatic nitrogens is 1. The number of nitrogens with zero attached hydrogens (tertiary/aromatic N) is 1. The van der Waals surface area contributed by atoms with Gasteiger partial charge in [0.05, 0.1) is 0 Å². The molecule has 2 rings (SSSR count). The van der Waals surface area contributed by atoms with Gasteiger partial charge in [-0.1, -0.05) is 13.8 Å². The summed E-state index contributed by atoms with van der Waals surface area (Å²) in [7, 11) is 0. The third-order valence-electron chi connectivity index (χ3n) is 2.69. The zero-order chi connectivity index (χ0) is 15.4. The number of pyridine rings is 1. The summed E-state index contributed by atoms with van der Waals surface area (Å²) in [5, 5.41) is 3.07. The van der Waals surface area contributed by atoms with Crippen molar-refractivity contribution in [1.29, 1.82) is 0 Å². The van der Waals surface area contributed by atoms with E-state index in [2.05, 4.69) is 10.3 Å². The number of hydrogen-bond acceptors (Lipinski definition) is 3. The molecular formula is C15H15F3N2O. The van der Waals surface area contributed by atoms with Crippen molar-refractivity contribution in [2.75, 3.05) is 0 Å². The Kier molecular flexibility index (Phi) is 4.80. The summed E-state index contributed by atoms with van der Waals surface area (Å²) in [5.74, 6) is -2.72. The summed E-state index contributed by atoms with van der Waals surface area (Å²) in [4.78, 5) is 3.75. The standard InChI is InChI=1S/C15H15F3N2O/c1-9(2)20-8-10-3-4-19-15(14(10)18)21-13-6-11(16)5-12(17)7-13/h3-7,9,20H,8H2,1-2H3. The molecule has 3 nitrogen and oxygen atoms in total. The van der Waals surface area contributed by atoms with E-state index >= 15 is 0 Å². The molecule has 0 unspecified atom stereocenters. The highest BCUT2D eigenvalue weighted by atomic mass is 19.1. The Bertz CT molecular complexity index is 612. The molecule has 0 saturated carbocycles. The average molecular weight is 296 g/mol. The minimum atomic E-state index is -0.803. The van der Waals surface area contributed by atoms with E-state index in [-0.39, 0.29) is 17.7 Å². The molecule has 0 aliphatic heterocycles. The largest absolute Gasteiger partial charge is 0.436 e. The lowest BCUT2D eigenvalue weighted by atomic mass is 10.2. The molecule has 0 spiro atoms. The number of benzene rings is 1. The maximum atomic E-state index is 14.2. The van der Waals surface area contributed by atoms with Crippen molar-refractivity contribution in [2.24, 2.45) is 0 Å². The molecule has 0 saturated heterocycles. The van der Waals surface area contributed by atoms with Gasteiger partial charge in [0.15, 0.2) is 5.82 Å². The third kappa shape index (κ3) is 4.19. The predicted molar refractivity (Wildman–Crippen MR) is 72.6 cm³/mol. The monoisotopic (exact) mass is 296 g/mol. The molecule has 21 heavy (non-hydrogen) atoms. The second-order valence-electron chi connectivity index (χ2n) is 4.83. The number of ether oxygens (including phenoxy) is 1.